The fourth-order valence-corrected chi connectivity index (χ4v) is 3.37. The van der Waals surface area contributed by atoms with Gasteiger partial charge in [0.05, 0.1) is 15.7 Å². The summed E-state index contributed by atoms with van der Waals surface area (Å²) in [6.45, 7) is -2.94. The monoisotopic (exact) mass is 412 g/mol. The van der Waals surface area contributed by atoms with E-state index in [1.807, 2.05) is 6.08 Å². The summed E-state index contributed by atoms with van der Waals surface area (Å²) < 4.78 is 30.0. The number of benzene rings is 1. The van der Waals surface area contributed by atoms with Crippen LogP contribution in [0.5, 0.6) is 5.75 Å². The number of aromatic nitrogens is 1. The molecule has 1 fully saturated rings. The smallest absolute Gasteiger partial charge is 0.387 e. The summed E-state index contributed by atoms with van der Waals surface area (Å²) in [5.41, 5.74) is 2.09. The molecule has 0 bridgehead atoms. The van der Waals surface area contributed by atoms with Gasteiger partial charge in [0, 0.05) is 23.5 Å². The Kier molecular flexibility index (Phi) is 6.29. The molecular formula is C19H16Cl2F2N2O2. The Morgan fingerprint density at radius 1 is 1.19 bits per heavy atom. The molecule has 1 saturated carbocycles. The first-order valence-electron chi connectivity index (χ1n) is 8.32. The van der Waals surface area contributed by atoms with Gasteiger partial charge in [-0.2, -0.15) is 8.78 Å². The van der Waals surface area contributed by atoms with Crippen LogP contribution in [0.3, 0.4) is 0 Å². The number of halogens is 4. The number of pyridine rings is 1. The average Bonchev–Trinajstić information content (AvgIpc) is 3.12. The van der Waals surface area contributed by atoms with Crippen LogP contribution in [0, 0.1) is 0 Å². The van der Waals surface area contributed by atoms with Crippen molar-refractivity contribution in [2.45, 2.75) is 32.3 Å². The Balaban J connectivity index is 1.91. The van der Waals surface area contributed by atoms with Crippen LogP contribution in [0.1, 0.15) is 41.6 Å². The van der Waals surface area contributed by atoms with Crippen LogP contribution in [0.15, 0.2) is 36.2 Å². The van der Waals surface area contributed by atoms with E-state index in [-0.39, 0.29) is 27.0 Å². The quantitative estimate of drug-likeness (QED) is 0.635. The fraction of sp³-hybridized carbons (Fsp3) is 0.263. The van der Waals surface area contributed by atoms with Crippen LogP contribution in [0.2, 0.25) is 10.0 Å². The van der Waals surface area contributed by atoms with Gasteiger partial charge in [0.25, 0.3) is 5.91 Å². The minimum Gasteiger partial charge on any atom is -0.434 e. The van der Waals surface area contributed by atoms with Crippen molar-refractivity contribution < 1.29 is 18.3 Å². The lowest BCUT2D eigenvalue weighted by Gasteiger charge is -2.12. The Bertz CT molecular complexity index is 860. The molecule has 0 aliphatic heterocycles. The number of amides is 1. The van der Waals surface area contributed by atoms with Gasteiger partial charge < -0.3 is 10.1 Å². The third-order valence-electron chi connectivity index (χ3n) is 4.19. The van der Waals surface area contributed by atoms with Gasteiger partial charge in [-0.3, -0.25) is 9.78 Å². The molecule has 0 radical (unpaired) electrons. The SMILES string of the molecule is O=C(Nc1c(Cl)cncc1Cl)c1ccc(OC(F)F)c(C=C2CCCC2)c1. The van der Waals surface area contributed by atoms with E-state index in [4.69, 9.17) is 23.2 Å². The number of hydrogen-bond donors (Lipinski definition) is 1. The zero-order chi connectivity index (χ0) is 19.4. The molecule has 142 valence electrons. The van der Waals surface area contributed by atoms with Gasteiger partial charge in [-0.05, 0) is 43.9 Å². The van der Waals surface area contributed by atoms with Gasteiger partial charge >= 0.3 is 6.61 Å². The minimum absolute atomic E-state index is 0.0286. The number of nitrogens with one attached hydrogen (secondary N) is 1. The predicted molar refractivity (Wildman–Crippen MR) is 102 cm³/mol. The Morgan fingerprint density at radius 2 is 1.85 bits per heavy atom. The molecule has 1 aromatic carbocycles. The summed E-state index contributed by atoms with van der Waals surface area (Å²) in [6, 6.07) is 4.28. The van der Waals surface area contributed by atoms with Gasteiger partial charge in [-0.15, -0.1) is 0 Å². The van der Waals surface area contributed by atoms with Crippen molar-refractivity contribution in [3.63, 3.8) is 0 Å². The number of nitrogens with zero attached hydrogens (tertiary/aromatic N) is 1. The van der Waals surface area contributed by atoms with Crippen molar-refractivity contribution in [3.8, 4) is 5.75 Å². The van der Waals surface area contributed by atoms with Crippen molar-refractivity contribution in [1.82, 2.24) is 4.98 Å². The van der Waals surface area contributed by atoms with Crippen molar-refractivity contribution in [2.75, 3.05) is 5.32 Å². The molecule has 27 heavy (non-hydrogen) atoms. The Morgan fingerprint density at radius 3 is 2.48 bits per heavy atom. The molecule has 1 N–H and O–H groups in total. The molecule has 3 rings (SSSR count). The van der Waals surface area contributed by atoms with Gasteiger partial charge in [-0.25, -0.2) is 0 Å². The Hall–Kier alpha value is -2.18. The lowest BCUT2D eigenvalue weighted by atomic mass is 10.0. The van der Waals surface area contributed by atoms with Crippen LogP contribution < -0.4 is 10.1 Å². The second-order valence-corrected chi connectivity index (χ2v) is 6.89. The van der Waals surface area contributed by atoms with Crippen LogP contribution in [-0.2, 0) is 0 Å². The molecule has 0 spiro atoms. The number of carbonyl (C=O) groups excluding carboxylic acids is 1. The van der Waals surface area contributed by atoms with Crippen molar-refractivity contribution in [1.29, 1.82) is 0 Å². The average molecular weight is 413 g/mol. The second kappa shape index (κ2) is 8.67. The van der Waals surface area contributed by atoms with Gasteiger partial charge in [0.15, 0.2) is 0 Å². The number of ether oxygens (including phenoxy) is 1. The van der Waals surface area contributed by atoms with E-state index in [1.165, 1.54) is 30.6 Å². The van der Waals surface area contributed by atoms with Crippen molar-refractivity contribution in [2.24, 2.45) is 0 Å². The lowest BCUT2D eigenvalue weighted by molar-refractivity contribution is -0.0499. The Labute approximate surface area is 165 Å². The molecule has 0 unspecified atom stereocenters. The summed E-state index contributed by atoms with van der Waals surface area (Å²) in [7, 11) is 0. The topological polar surface area (TPSA) is 51.2 Å². The third kappa shape index (κ3) is 4.96. The predicted octanol–water partition coefficient (Wildman–Crippen LogP) is 6.20. The number of alkyl halides is 2. The molecule has 0 atom stereocenters. The molecular weight excluding hydrogens is 397 g/mol. The van der Waals surface area contributed by atoms with Crippen LogP contribution >= 0.6 is 23.2 Å². The van der Waals surface area contributed by atoms with E-state index in [1.54, 1.807) is 0 Å². The zero-order valence-corrected chi connectivity index (χ0v) is 15.7. The minimum atomic E-state index is -2.94. The molecule has 1 heterocycles. The molecule has 1 aliphatic carbocycles. The van der Waals surface area contributed by atoms with E-state index in [9.17, 15) is 13.6 Å². The fourth-order valence-electron chi connectivity index (χ4n) is 2.92. The summed E-state index contributed by atoms with van der Waals surface area (Å²) in [5.74, 6) is -0.444. The number of rotatable bonds is 5. The van der Waals surface area contributed by atoms with Gasteiger partial charge in [0.1, 0.15) is 5.75 Å². The highest BCUT2D eigenvalue weighted by molar-refractivity contribution is 6.39. The van der Waals surface area contributed by atoms with Gasteiger partial charge in [-0.1, -0.05) is 34.9 Å². The molecule has 4 nitrogen and oxygen atoms in total. The zero-order valence-electron chi connectivity index (χ0n) is 14.1. The van der Waals surface area contributed by atoms with E-state index < -0.39 is 12.5 Å². The number of hydrogen-bond acceptors (Lipinski definition) is 3. The first kappa shape index (κ1) is 19.6. The van der Waals surface area contributed by atoms with E-state index in [0.29, 0.717) is 5.56 Å². The van der Waals surface area contributed by atoms with Crippen LogP contribution in [-0.4, -0.2) is 17.5 Å². The highest BCUT2D eigenvalue weighted by Crippen LogP contribution is 2.32. The maximum atomic E-state index is 12.7. The maximum Gasteiger partial charge on any atom is 0.387 e. The summed E-state index contributed by atoms with van der Waals surface area (Å²) in [4.78, 5) is 16.4. The molecule has 0 saturated heterocycles. The first-order valence-corrected chi connectivity index (χ1v) is 9.08. The normalized spacial score (nSPS) is 13.7. The van der Waals surface area contributed by atoms with E-state index in [2.05, 4.69) is 15.0 Å². The largest absolute Gasteiger partial charge is 0.434 e. The van der Waals surface area contributed by atoms with E-state index in [0.717, 1.165) is 31.3 Å². The maximum absolute atomic E-state index is 12.7. The summed E-state index contributed by atoms with van der Waals surface area (Å²) in [6.07, 6.45) is 8.48. The molecule has 1 amide bonds. The first-order chi connectivity index (χ1) is 12.9. The highest BCUT2D eigenvalue weighted by Gasteiger charge is 2.16. The number of allylic oxidation sites excluding steroid dienone is 1. The van der Waals surface area contributed by atoms with Crippen LogP contribution in [0.25, 0.3) is 6.08 Å². The van der Waals surface area contributed by atoms with E-state index >= 15 is 0 Å². The third-order valence-corrected chi connectivity index (χ3v) is 4.76. The number of carbonyl (C=O) groups is 1. The van der Waals surface area contributed by atoms with Crippen molar-refractivity contribution in [3.05, 3.63) is 57.3 Å². The second-order valence-electron chi connectivity index (χ2n) is 6.07. The van der Waals surface area contributed by atoms with Gasteiger partial charge in [0.2, 0.25) is 0 Å². The molecule has 1 aromatic heterocycles. The summed E-state index contributed by atoms with van der Waals surface area (Å²) in [5, 5.41) is 3.02. The molecule has 8 heteroatoms. The molecule has 2 aromatic rings. The molecule has 1 aliphatic rings. The number of anilines is 1. The summed E-state index contributed by atoms with van der Waals surface area (Å²) >= 11 is 12.0. The lowest BCUT2D eigenvalue weighted by Crippen LogP contribution is -2.13. The van der Waals surface area contributed by atoms with Crippen LogP contribution in [0.4, 0.5) is 14.5 Å². The highest BCUT2D eigenvalue weighted by atomic mass is 35.5. The van der Waals surface area contributed by atoms with Crippen molar-refractivity contribution >= 4 is 40.9 Å². The standard InChI is InChI=1S/C19H16Cl2F2N2O2/c20-14-9-24-10-15(21)17(14)25-18(26)12-5-6-16(27-19(22)23)13(8-12)7-11-3-1-2-4-11/h5-10,19H,1-4H2,(H,24,25,26).